The van der Waals surface area contributed by atoms with E-state index in [1.807, 2.05) is 18.8 Å². The number of nitrogens with zero attached hydrogens (tertiary/aromatic N) is 1. The first-order valence-corrected chi connectivity index (χ1v) is 7.55. The molecule has 1 aliphatic carbocycles. The number of rotatable bonds is 4. The zero-order chi connectivity index (χ0) is 13.1. The lowest BCUT2D eigenvalue weighted by molar-refractivity contribution is 0.308. The van der Waals surface area contributed by atoms with E-state index in [4.69, 9.17) is 4.74 Å². The number of hydrogen-bond donors (Lipinski definition) is 1. The van der Waals surface area contributed by atoms with Gasteiger partial charge in [0.2, 0.25) is 0 Å². The van der Waals surface area contributed by atoms with Gasteiger partial charge < -0.3 is 10.1 Å². The van der Waals surface area contributed by atoms with Crippen LogP contribution in [0.3, 0.4) is 0 Å². The number of ether oxygens (including phenoxy) is 1. The predicted molar refractivity (Wildman–Crippen MR) is 77.6 cm³/mol. The van der Waals surface area contributed by atoms with Crippen molar-refractivity contribution in [3.05, 3.63) is 45.9 Å². The molecule has 2 aromatic rings. The highest BCUT2D eigenvalue weighted by molar-refractivity contribution is 7.09. The Morgan fingerprint density at radius 3 is 3.21 bits per heavy atom. The molecule has 4 heteroatoms. The molecule has 100 valence electrons. The lowest BCUT2D eigenvalue weighted by Crippen LogP contribution is -2.21. The van der Waals surface area contributed by atoms with Gasteiger partial charge in [-0.25, -0.2) is 0 Å². The molecule has 1 aliphatic rings. The van der Waals surface area contributed by atoms with Crippen LogP contribution in [0.5, 0.6) is 5.75 Å². The third kappa shape index (κ3) is 2.80. The summed E-state index contributed by atoms with van der Waals surface area (Å²) in [6, 6.07) is 6.98. The maximum Gasteiger partial charge on any atom is 0.124 e. The van der Waals surface area contributed by atoms with Gasteiger partial charge in [0.15, 0.2) is 0 Å². The Balaban J connectivity index is 1.74. The monoisotopic (exact) mass is 274 g/mol. The number of nitrogens with one attached hydrogen (secondary N) is 1. The van der Waals surface area contributed by atoms with Gasteiger partial charge in [-0.05, 0) is 49.6 Å². The Morgan fingerprint density at radius 2 is 2.42 bits per heavy atom. The van der Waals surface area contributed by atoms with Crippen LogP contribution in [0, 0.1) is 0 Å². The standard InChI is InChI=1S/C15H18N2OS/c1-16-15-4-2-3-11-7-12(5-6-14(11)15)18-9-13-8-17-10-19-13/h5-8,10,15-16H,2-4,9H2,1H3. The number of hydrogen-bond acceptors (Lipinski definition) is 4. The van der Waals surface area contributed by atoms with Gasteiger partial charge in [-0.1, -0.05) is 6.07 Å². The molecule has 1 aromatic heterocycles. The third-order valence-electron chi connectivity index (χ3n) is 3.64. The summed E-state index contributed by atoms with van der Waals surface area (Å²) in [5.41, 5.74) is 4.69. The number of benzene rings is 1. The van der Waals surface area contributed by atoms with Crippen molar-refractivity contribution in [1.29, 1.82) is 0 Å². The molecule has 0 saturated heterocycles. The number of aryl methyl sites for hydroxylation is 1. The minimum absolute atomic E-state index is 0.499. The lowest BCUT2D eigenvalue weighted by atomic mass is 9.87. The second-order valence-corrected chi connectivity index (χ2v) is 5.82. The van der Waals surface area contributed by atoms with Gasteiger partial charge >= 0.3 is 0 Å². The van der Waals surface area contributed by atoms with Crippen molar-refractivity contribution >= 4 is 11.3 Å². The average molecular weight is 274 g/mol. The summed E-state index contributed by atoms with van der Waals surface area (Å²) in [5, 5.41) is 3.39. The Labute approximate surface area is 117 Å². The molecule has 0 aliphatic heterocycles. The quantitative estimate of drug-likeness (QED) is 0.928. The first-order valence-electron chi connectivity index (χ1n) is 6.67. The smallest absolute Gasteiger partial charge is 0.124 e. The van der Waals surface area contributed by atoms with E-state index in [1.54, 1.807) is 11.3 Å². The fraction of sp³-hybridized carbons (Fsp3) is 0.400. The molecule has 0 radical (unpaired) electrons. The number of aromatic nitrogens is 1. The first kappa shape index (κ1) is 12.6. The normalized spacial score (nSPS) is 18.1. The van der Waals surface area contributed by atoms with Gasteiger partial charge in [0.05, 0.1) is 10.4 Å². The van der Waals surface area contributed by atoms with E-state index < -0.39 is 0 Å². The highest BCUT2D eigenvalue weighted by Gasteiger charge is 2.18. The van der Waals surface area contributed by atoms with Gasteiger partial charge in [-0.15, -0.1) is 11.3 Å². The average Bonchev–Trinajstić information content (AvgIpc) is 2.97. The highest BCUT2D eigenvalue weighted by atomic mass is 32.1. The van der Waals surface area contributed by atoms with Crippen molar-refractivity contribution in [1.82, 2.24) is 10.3 Å². The van der Waals surface area contributed by atoms with Crippen LogP contribution < -0.4 is 10.1 Å². The molecule has 1 N–H and O–H groups in total. The maximum atomic E-state index is 5.84. The predicted octanol–water partition coefficient (Wildman–Crippen LogP) is 3.32. The topological polar surface area (TPSA) is 34.1 Å². The lowest BCUT2D eigenvalue weighted by Gasteiger charge is -2.25. The molecule has 1 unspecified atom stereocenters. The largest absolute Gasteiger partial charge is 0.488 e. The van der Waals surface area contributed by atoms with E-state index in [0.29, 0.717) is 12.6 Å². The van der Waals surface area contributed by atoms with Crippen molar-refractivity contribution in [3.8, 4) is 5.75 Å². The minimum Gasteiger partial charge on any atom is -0.488 e. The molecule has 1 aromatic carbocycles. The molecule has 3 rings (SSSR count). The zero-order valence-corrected chi connectivity index (χ0v) is 11.9. The highest BCUT2D eigenvalue weighted by Crippen LogP contribution is 2.32. The summed E-state index contributed by atoms with van der Waals surface area (Å²) in [6.07, 6.45) is 5.49. The fourth-order valence-electron chi connectivity index (χ4n) is 2.65. The fourth-order valence-corrected chi connectivity index (χ4v) is 3.15. The van der Waals surface area contributed by atoms with Crippen molar-refractivity contribution < 1.29 is 4.74 Å². The van der Waals surface area contributed by atoms with Crippen LogP contribution in [-0.4, -0.2) is 12.0 Å². The van der Waals surface area contributed by atoms with E-state index in [2.05, 4.69) is 28.5 Å². The Morgan fingerprint density at radius 1 is 1.47 bits per heavy atom. The summed E-state index contributed by atoms with van der Waals surface area (Å²) in [6.45, 7) is 0.610. The summed E-state index contributed by atoms with van der Waals surface area (Å²) >= 11 is 1.63. The van der Waals surface area contributed by atoms with Crippen LogP contribution in [0.15, 0.2) is 29.9 Å². The van der Waals surface area contributed by atoms with Crippen LogP contribution in [0.2, 0.25) is 0 Å². The summed E-state index contributed by atoms with van der Waals surface area (Å²) < 4.78 is 5.84. The summed E-state index contributed by atoms with van der Waals surface area (Å²) in [4.78, 5) is 5.21. The van der Waals surface area contributed by atoms with Crippen LogP contribution >= 0.6 is 11.3 Å². The Kier molecular flexibility index (Phi) is 3.80. The molecule has 0 fully saturated rings. The van der Waals surface area contributed by atoms with Crippen molar-refractivity contribution in [2.45, 2.75) is 31.9 Å². The van der Waals surface area contributed by atoms with Crippen molar-refractivity contribution in [2.24, 2.45) is 0 Å². The Bertz CT molecular complexity index is 539. The molecule has 1 atom stereocenters. The van der Waals surface area contributed by atoms with E-state index in [-0.39, 0.29) is 0 Å². The molecule has 0 bridgehead atoms. The van der Waals surface area contributed by atoms with Gasteiger partial charge in [-0.3, -0.25) is 4.98 Å². The van der Waals surface area contributed by atoms with E-state index in [0.717, 1.165) is 17.0 Å². The van der Waals surface area contributed by atoms with Crippen molar-refractivity contribution in [3.63, 3.8) is 0 Å². The Hall–Kier alpha value is -1.39. The molecule has 0 saturated carbocycles. The number of thiazole rings is 1. The third-order valence-corrected chi connectivity index (χ3v) is 4.39. The van der Waals surface area contributed by atoms with E-state index in [1.165, 1.54) is 24.0 Å². The van der Waals surface area contributed by atoms with Gasteiger partial charge in [0.25, 0.3) is 0 Å². The molecule has 0 amide bonds. The second kappa shape index (κ2) is 5.72. The molecule has 3 nitrogen and oxygen atoms in total. The second-order valence-electron chi connectivity index (χ2n) is 4.85. The number of fused-ring (bicyclic) bond motifs is 1. The minimum atomic E-state index is 0.499. The summed E-state index contributed by atoms with van der Waals surface area (Å²) in [7, 11) is 2.04. The van der Waals surface area contributed by atoms with Gasteiger partial charge in [0.1, 0.15) is 12.4 Å². The molecule has 1 heterocycles. The molecular formula is C15H18N2OS. The van der Waals surface area contributed by atoms with Gasteiger partial charge in [0, 0.05) is 12.2 Å². The van der Waals surface area contributed by atoms with Crippen molar-refractivity contribution in [2.75, 3.05) is 7.05 Å². The van der Waals surface area contributed by atoms with Crippen LogP contribution in [-0.2, 0) is 13.0 Å². The SMILES string of the molecule is CNC1CCCc2cc(OCc3cncs3)ccc21. The maximum absolute atomic E-state index is 5.84. The van der Waals surface area contributed by atoms with E-state index >= 15 is 0 Å². The van der Waals surface area contributed by atoms with Gasteiger partial charge in [-0.2, -0.15) is 0 Å². The van der Waals surface area contributed by atoms with Crippen LogP contribution in [0.1, 0.15) is 34.9 Å². The molecular weight excluding hydrogens is 256 g/mol. The molecule has 0 spiro atoms. The molecule has 19 heavy (non-hydrogen) atoms. The zero-order valence-electron chi connectivity index (χ0n) is 11.1. The summed E-state index contributed by atoms with van der Waals surface area (Å²) in [5.74, 6) is 0.962. The first-order chi connectivity index (χ1) is 9.36. The van der Waals surface area contributed by atoms with Crippen LogP contribution in [0.4, 0.5) is 0 Å². The van der Waals surface area contributed by atoms with Crippen LogP contribution in [0.25, 0.3) is 0 Å². The van der Waals surface area contributed by atoms with E-state index in [9.17, 15) is 0 Å².